The molecule has 0 saturated carbocycles. The summed E-state index contributed by atoms with van der Waals surface area (Å²) in [7, 11) is 0. The summed E-state index contributed by atoms with van der Waals surface area (Å²) in [5.41, 5.74) is 0.197. The van der Waals surface area contributed by atoms with Gasteiger partial charge in [0.2, 0.25) is 11.7 Å². The molecule has 0 atom stereocenters. The number of hydrogen-bond acceptors (Lipinski definition) is 5. The van der Waals surface area contributed by atoms with E-state index in [-0.39, 0.29) is 17.6 Å². The Bertz CT molecular complexity index is 1090. The summed E-state index contributed by atoms with van der Waals surface area (Å²) in [6, 6.07) is 7.81. The molecule has 6 nitrogen and oxygen atoms in total. The van der Waals surface area contributed by atoms with E-state index < -0.39 is 23.0 Å². The zero-order valence-corrected chi connectivity index (χ0v) is 15.8. The maximum absolute atomic E-state index is 12.3. The number of nitrogens with one attached hydrogen (secondary N) is 1. The third-order valence-electron chi connectivity index (χ3n) is 3.95. The molecule has 0 fully saturated rings. The van der Waals surface area contributed by atoms with Crippen LogP contribution in [0.3, 0.4) is 0 Å². The highest BCUT2D eigenvalue weighted by atomic mass is 79.9. The summed E-state index contributed by atoms with van der Waals surface area (Å²) in [4.78, 5) is 24.6. The van der Waals surface area contributed by atoms with Crippen molar-refractivity contribution in [1.82, 2.24) is 0 Å². The Morgan fingerprint density at radius 3 is 2.69 bits per heavy atom. The lowest BCUT2D eigenvalue weighted by molar-refractivity contribution is -0.115. The predicted molar refractivity (Wildman–Crippen MR) is 102 cm³/mol. The van der Waals surface area contributed by atoms with E-state index in [1.807, 2.05) is 0 Å². The number of carbonyl (C=O) groups is 1. The van der Waals surface area contributed by atoms with Crippen molar-refractivity contribution in [1.29, 1.82) is 0 Å². The van der Waals surface area contributed by atoms with Crippen molar-refractivity contribution in [3.05, 3.63) is 61.4 Å². The average Bonchev–Trinajstić information content (AvgIpc) is 2.58. The lowest BCUT2D eigenvalue weighted by Crippen LogP contribution is -2.20. The Balaban J connectivity index is 1.94. The van der Waals surface area contributed by atoms with E-state index in [0.29, 0.717) is 21.7 Å². The van der Waals surface area contributed by atoms with Crippen molar-refractivity contribution in [3.63, 3.8) is 0 Å². The molecule has 0 aliphatic carbocycles. The van der Waals surface area contributed by atoms with Gasteiger partial charge in [-0.15, -0.1) is 0 Å². The minimum absolute atomic E-state index is 0.118. The lowest BCUT2D eigenvalue weighted by Gasteiger charge is -2.10. The van der Waals surface area contributed by atoms with Crippen LogP contribution in [0, 0.1) is 6.92 Å². The van der Waals surface area contributed by atoms with E-state index >= 15 is 0 Å². The van der Waals surface area contributed by atoms with Crippen LogP contribution in [0.4, 0.5) is 5.69 Å². The van der Waals surface area contributed by atoms with Crippen LogP contribution < -0.4 is 10.9 Å². The second-order valence-corrected chi connectivity index (χ2v) is 6.98. The molecule has 1 amide bonds. The first kappa shape index (κ1) is 18.3. The van der Waals surface area contributed by atoms with Crippen molar-refractivity contribution < 1.29 is 19.4 Å². The normalized spacial score (nSPS) is 10.9. The molecule has 0 aliphatic heterocycles. The number of benzene rings is 2. The lowest BCUT2D eigenvalue weighted by atomic mass is 10.0. The van der Waals surface area contributed by atoms with Crippen molar-refractivity contribution in [3.8, 4) is 11.5 Å². The van der Waals surface area contributed by atoms with Crippen LogP contribution in [-0.2, 0) is 11.2 Å². The zero-order chi connectivity index (χ0) is 19.0. The molecule has 1 heterocycles. The molecule has 26 heavy (non-hydrogen) atoms. The highest BCUT2D eigenvalue weighted by Gasteiger charge is 2.18. The van der Waals surface area contributed by atoms with Gasteiger partial charge >= 0.3 is 5.63 Å². The second kappa shape index (κ2) is 7.01. The van der Waals surface area contributed by atoms with Crippen molar-refractivity contribution in [2.24, 2.45) is 0 Å². The van der Waals surface area contributed by atoms with Crippen LogP contribution in [0.25, 0.3) is 11.0 Å². The minimum Gasteiger partial charge on any atom is -0.504 e. The van der Waals surface area contributed by atoms with E-state index in [1.54, 1.807) is 25.1 Å². The van der Waals surface area contributed by atoms with Crippen molar-refractivity contribution in [2.75, 3.05) is 5.32 Å². The molecule has 0 aliphatic rings. The third-order valence-corrected chi connectivity index (χ3v) is 4.76. The van der Waals surface area contributed by atoms with Crippen molar-refractivity contribution in [2.45, 2.75) is 13.3 Å². The monoisotopic (exact) mass is 437 g/mol. The number of phenols is 2. The predicted octanol–water partition coefficient (Wildman–Crippen LogP) is 4.11. The van der Waals surface area contributed by atoms with Gasteiger partial charge in [-0.3, -0.25) is 4.79 Å². The van der Waals surface area contributed by atoms with Gasteiger partial charge in [-0.25, -0.2) is 4.79 Å². The van der Waals surface area contributed by atoms with E-state index in [9.17, 15) is 19.8 Å². The van der Waals surface area contributed by atoms with Gasteiger partial charge in [-0.05, 0) is 42.8 Å². The van der Waals surface area contributed by atoms with Gasteiger partial charge in [-0.2, -0.15) is 0 Å². The highest BCUT2D eigenvalue weighted by Crippen LogP contribution is 2.34. The fourth-order valence-electron chi connectivity index (χ4n) is 2.58. The number of anilines is 1. The SMILES string of the molecule is Cc1c(CC(=O)Nc2ccc(Br)cc2Cl)c(=O)oc2c(O)c(O)ccc12. The molecule has 3 N–H and O–H groups in total. The van der Waals surface area contributed by atoms with Crippen LogP contribution in [0.15, 0.2) is 44.0 Å². The summed E-state index contributed by atoms with van der Waals surface area (Å²) < 4.78 is 5.87. The van der Waals surface area contributed by atoms with Gasteiger partial charge in [-0.1, -0.05) is 27.5 Å². The molecule has 3 rings (SSSR count). The Morgan fingerprint density at radius 1 is 1.27 bits per heavy atom. The Labute approximate surface area is 161 Å². The number of amides is 1. The standard InChI is InChI=1S/C18H13BrClNO5/c1-8-10-3-5-14(22)16(24)17(10)26-18(25)11(8)7-15(23)21-13-4-2-9(19)6-12(13)20/h2-6,22,24H,7H2,1H3,(H,21,23). The molecule has 3 aromatic rings. The summed E-state index contributed by atoms with van der Waals surface area (Å²) in [5.74, 6) is -1.34. The molecule has 8 heteroatoms. The van der Waals surface area contributed by atoms with Crippen LogP contribution in [0.2, 0.25) is 5.02 Å². The zero-order valence-electron chi connectivity index (χ0n) is 13.5. The summed E-state index contributed by atoms with van der Waals surface area (Å²) in [5, 5.41) is 22.8. The third kappa shape index (κ3) is 3.40. The van der Waals surface area contributed by atoms with Gasteiger partial charge in [0, 0.05) is 9.86 Å². The number of carbonyl (C=O) groups excluding carboxylic acids is 1. The molecule has 134 valence electrons. The first-order chi connectivity index (χ1) is 12.3. The average molecular weight is 439 g/mol. The van der Waals surface area contributed by atoms with Crippen LogP contribution in [0.5, 0.6) is 11.5 Å². The maximum Gasteiger partial charge on any atom is 0.340 e. The van der Waals surface area contributed by atoms with E-state index in [4.69, 9.17) is 16.0 Å². The van der Waals surface area contributed by atoms with Gasteiger partial charge in [0.25, 0.3) is 0 Å². The van der Waals surface area contributed by atoms with Gasteiger partial charge < -0.3 is 19.9 Å². The fourth-order valence-corrected chi connectivity index (χ4v) is 3.30. The number of hydrogen-bond donors (Lipinski definition) is 3. The number of halogens is 2. The smallest absolute Gasteiger partial charge is 0.340 e. The summed E-state index contributed by atoms with van der Waals surface area (Å²) in [6.45, 7) is 1.64. The van der Waals surface area contributed by atoms with E-state index in [0.717, 1.165) is 4.47 Å². The van der Waals surface area contributed by atoms with Crippen LogP contribution >= 0.6 is 27.5 Å². The maximum atomic E-state index is 12.3. The van der Waals surface area contributed by atoms with Gasteiger partial charge in [0.15, 0.2) is 11.3 Å². The molecule has 1 aromatic heterocycles. The molecule has 0 saturated heterocycles. The highest BCUT2D eigenvalue weighted by molar-refractivity contribution is 9.10. The topological polar surface area (TPSA) is 99.8 Å². The Morgan fingerprint density at radius 2 is 2.00 bits per heavy atom. The minimum atomic E-state index is -0.757. The molecule has 0 spiro atoms. The number of fused-ring (bicyclic) bond motifs is 1. The van der Waals surface area contributed by atoms with Crippen LogP contribution in [0.1, 0.15) is 11.1 Å². The summed E-state index contributed by atoms with van der Waals surface area (Å²) in [6.07, 6.45) is -0.224. The molecule has 0 unspecified atom stereocenters. The molecular formula is C18H13BrClNO5. The van der Waals surface area contributed by atoms with Gasteiger partial charge in [0.1, 0.15) is 0 Å². The first-order valence-corrected chi connectivity index (χ1v) is 8.67. The second-order valence-electron chi connectivity index (χ2n) is 5.65. The Hall–Kier alpha value is -2.51. The molecule has 0 bridgehead atoms. The van der Waals surface area contributed by atoms with E-state index in [1.165, 1.54) is 12.1 Å². The molecular weight excluding hydrogens is 426 g/mol. The number of aryl methyl sites for hydroxylation is 1. The largest absolute Gasteiger partial charge is 0.504 e. The van der Waals surface area contributed by atoms with Crippen molar-refractivity contribution >= 4 is 50.1 Å². The number of rotatable bonds is 3. The number of aromatic hydroxyl groups is 2. The van der Waals surface area contributed by atoms with Crippen LogP contribution in [-0.4, -0.2) is 16.1 Å². The quantitative estimate of drug-likeness (QED) is 0.422. The summed E-state index contributed by atoms with van der Waals surface area (Å²) >= 11 is 9.35. The number of phenolic OH excluding ortho intramolecular Hbond substituents is 2. The first-order valence-electron chi connectivity index (χ1n) is 7.50. The molecule has 0 radical (unpaired) electrons. The Kier molecular flexibility index (Phi) is 4.93. The van der Waals surface area contributed by atoms with Gasteiger partial charge in [0.05, 0.1) is 22.7 Å². The molecule has 2 aromatic carbocycles. The fraction of sp³-hybridized carbons (Fsp3) is 0.111. The van der Waals surface area contributed by atoms with E-state index in [2.05, 4.69) is 21.2 Å².